The predicted octanol–water partition coefficient (Wildman–Crippen LogP) is 3.77. The van der Waals surface area contributed by atoms with E-state index in [-0.39, 0.29) is 0 Å². The van der Waals surface area contributed by atoms with Crippen LogP contribution in [0.2, 0.25) is 10.0 Å². The first-order valence-corrected chi connectivity index (χ1v) is 5.94. The van der Waals surface area contributed by atoms with Crippen LogP contribution in [0.15, 0.2) is 18.2 Å². The molecule has 1 atom stereocenters. The van der Waals surface area contributed by atoms with E-state index < -0.39 is 0 Å². The van der Waals surface area contributed by atoms with Crippen LogP contribution in [0.3, 0.4) is 0 Å². The van der Waals surface area contributed by atoms with Crippen molar-refractivity contribution in [2.75, 3.05) is 6.54 Å². The second-order valence-corrected chi connectivity index (χ2v) is 5.01. The molecule has 0 aliphatic rings. The number of benzene rings is 1. The van der Waals surface area contributed by atoms with Gasteiger partial charge in [-0.15, -0.1) is 0 Å². The Kier molecular flexibility index (Phi) is 4.91. The van der Waals surface area contributed by atoms with Crippen LogP contribution < -0.4 is 5.73 Å². The van der Waals surface area contributed by atoms with Crippen LogP contribution in [0.4, 0.5) is 0 Å². The van der Waals surface area contributed by atoms with Crippen molar-refractivity contribution in [3.05, 3.63) is 33.8 Å². The second-order valence-electron chi connectivity index (χ2n) is 4.19. The molecule has 1 unspecified atom stereocenters. The Balaban J connectivity index is 2.75. The van der Waals surface area contributed by atoms with E-state index in [0.717, 1.165) is 6.42 Å². The van der Waals surface area contributed by atoms with Crippen LogP contribution in [-0.2, 0) is 6.42 Å². The molecule has 1 aromatic rings. The molecule has 0 aromatic heterocycles. The van der Waals surface area contributed by atoms with Gasteiger partial charge in [-0.05, 0) is 42.5 Å². The minimum Gasteiger partial charge on any atom is -0.330 e. The average Bonchev–Trinajstić information content (AvgIpc) is 2.19. The Morgan fingerprint density at radius 1 is 1.20 bits per heavy atom. The lowest BCUT2D eigenvalue weighted by atomic mass is 9.89. The quantitative estimate of drug-likeness (QED) is 0.859. The number of hydrogen-bond donors (Lipinski definition) is 1. The molecule has 0 bridgehead atoms. The van der Waals surface area contributed by atoms with Crippen LogP contribution in [0.1, 0.15) is 19.4 Å². The fraction of sp³-hybridized carbons (Fsp3) is 0.500. The summed E-state index contributed by atoms with van der Waals surface area (Å²) in [5, 5.41) is 1.22. The van der Waals surface area contributed by atoms with Crippen molar-refractivity contribution in [2.45, 2.75) is 20.3 Å². The Hall–Kier alpha value is -0.240. The predicted molar refractivity (Wildman–Crippen MR) is 67.5 cm³/mol. The third-order valence-corrected chi connectivity index (χ3v) is 3.47. The maximum Gasteiger partial charge on any atom is 0.0595 e. The first-order valence-electron chi connectivity index (χ1n) is 5.18. The lowest BCUT2D eigenvalue weighted by Gasteiger charge is -2.18. The largest absolute Gasteiger partial charge is 0.330 e. The third-order valence-electron chi connectivity index (χ3n) is 2.73. The monoisotopic (exact) mass is 245 g/mol. The summed E-state index contributed by atoms with van der Waals surface area (Å²) in [6.07, 6.45) is 0.963. The standard InChI is InChI=1S/C12H17Cl2N/c1-8(2)10(7-15)5-9-3-4-11(13)12(14)6-9/h3-4,6,8,10H,5,7,15H2,1-2H3. The first-order chi connectivity index (χ1) is 7.04. The molecule has 15 heavy (non-hydrogen) atoms. The van der Waals surface area contributed by atoms with Crippen LogP contribution >= 0.6 is 23.2 Å². The first kappa shape index (κ1) is 12.8. The number of halogens is 2. The minimum absolute atomic E-state index is 0.502. The van der Waals surface area contributed by atoms with E-state index >= 15 is 0 Å². The van der Waals surface area contributed by atoms with Crippen molar-refractivity contribution >= 4 is 23.2 Å². The van der Waals surface area contributed by atoms with Crippen molar-refractivity contribution in [2.24, 2.45) is 17.6 Å². The lowest BCUT2D eigenvalue weighted by molar-refractivity contribution is 0.392. The fourth-order valence-electron chi connectivity index (χ4n) is 1.56. The Labute approximate surface area is 102 Å². The van der Waals surface area contributed by atoms with Gasteiger partial charge in [-0.3, -0.25) is 0 Å². The van der Waals surface area contributed by atoms with Gasteiger partial charge >= 0.3 is 0 Å². The highest BCUT2D eigenvalue weighted by molar-refractivity contribution is 6.42. The summed E-state index contributed by atoms with van der Waals surface area (Å²) in [6.45, 7) is 5.09. The molecule has 2 N–H and O–H groups in total. The summed E-state index contributed by atoms with van der Waals surface area (Å²) in [4.78, 5) is 0. The molecule has 0 saturated heterocycles. The highest BCUT2D eigenvalue weighted by Gasteiger charge is 2.12. The summed E-state index contributed by atoms with van der Waals surface area (Å²) in [6, 6.07) is 5.78. The highest BCUT2D eigenvalue weighted by atomic mass is 35.5. The molecule has 1 aromatic carbocycles. The maximum absolute atomic E-state index is 5.96. The summed E-state index contributed by atoms with van der Waals surface area (Å²) < 4.78 is 0. The molecule has 0 saturated carbocycles. The van der Waals surface area contributed by atoms with Crippen molar-refractivity contribution in [1.29, 1.82) is 0 Å². The van der Waals surface area contributed by atoms with Gasteiger partial charge in [0.15, 0.2) is 0 Å². The van der Waals surface area contributed by atoms with Gasteiger partial charge in [0.25, 0.3) is 0 Å². The van der Waals surface area contributed by atoms with Crippen molar-refractivity contribution < 1.29 is 0 Å². The van der Waals surface area contributed by atoms with Crippen LogP contribution in [-0.4, -0.2) is 6.54 Å². The summed E-state index contributed by atoms with van der Waals surface area (Å²) in [7, 11) is 0. The van der Waals surface area contributed by atoms with Gasteiger partial charge < -0.3 is 5.73 Å². The zero-order valence-electron chi connectivity index (χ0n) is 9.13. The Morgan fingerprint density at radius 3 is 2.33 bits per heavy atom. The van der Waals surface area contributed by atoms with Gasteiger partial charge in [0, 0.05) is 0 Å². The molecular weight excluding hydrogens is 229 g/mol. The summed E-state index contributed by atoms with van der Waals surface area (Å²) in [5.41, 5.74) is 6.93. The molecule has 84 valence electrons. The molecule has 0 amide bonds. The Morgan fingerprint density at radius 2 is 1.87 bits per heavy atom. The number of rotatable bonds is 4. The normalized spacial score (nSPS) is 13.2. The van der Waals surface area contributed by atoms with Gasteiger partial charge in [-0.2, -0.15) is 0 Å². The second kappa shape index (κ2) is 5.74. The molecule has 0 heterocycles. The SMILES string of the molecule is CC(C)C(CN)Cc1ccc(Cl)c(Cl)c1. The van der Waals surface area contributed by atoms with Gasteiger partial charge in [-0.1, -0.05) is 43.1 Å². The topological polar surface area (TPSA) is 26.0 Å². The molecule has 0 spiro atoms. The van der Waals surface area contributed by atoms with E-state index in [4.69, 9.17) is 28.9 Å². The van der Waals surface area contributed by atoms with Crippen LogP contribution in [0.5, 0.6) is 0 Å². The number of hydrogen-bond acceptors (Lipinski definition) is 1. The third kappa shape index (κ3) is 3.67. The molecule has 0 aliphatic heterocycles. The molecule has 3 heteroatoms. The Bertz CT molecular complexity index is 323. The van der Waals surface area contributed by atoms with Crippen LogP contribution in [0, 0.1) is 11.8 Å². The van der Waals surface area contributed by atoms with E-state index in [1.165, 1.54) is 5.56 Å². The van der Waals surface area contributed by atoms with Crippen molar-refractivity contribution in [1.82, 2.24) is 0 Å². The average molecular weight is 246 g/mol. The van der Waals surface area contributed by atoms with E-state index in [9.17, 15) is 0 Å². The maximum atomic E-state index is 5.96. The smallest absolute Gasteiger partial charge is 0.0595 e. The zero-order valence-corrected chi connectivity index (χ0v) is 10.6. The minimum atomic E-state index is 0.502. The van der Waals surface area contributed by atoms with Crippen LogP contribution in [0.25, 0.3) is 0 Å². The summed E-state index contributed by atoms with van der Waals surface area (Å²) >= 11 is 11.8. The molecule has 0 aliphatic carbocycles. The highest BCUT2D eigenvalue weighted by Crippen LogP contribution is 2.25. The van der Waals surface area contributed by atoms with Crippen molar-refractivity contribution in [3.8, 4) is 0 Å². The van der Waals surface area contributed by atoms with E-state index in [1.807, 2.05) is 18.2 Å². The van der Waals surface area contributed by atoms with E-state index in [1.54, 1.807) is 0 Å². The molecule has 0 radical (unpaired) electrons. The molecule has 0 fully saturated rings. The molecule has 1 rings (SSSR count). The van der Waals surface area contributed by atoms with Crippen molar-refractivity contribution in [3.63, 3.8) is 0 Å². The van der Waals surface area contributed by atoms with Gasteiger partial charge in [0.1, 0.15) is 0 Å². The van der Waals surface area contributed by atoms with Gasteiger partial charge in [-0.25, -0.2) is 0 Å². The van der Waals surface area contributed by atoms with Gasteiger partial charge in [0.05, 0.1) is 10.0 Å². The van der Waals surface area contributed by atoms with E-state index in [0.29, 0.717) is 28.4 Å². The zero-order chi connectivity index (χ0) is 11.4. The molecular formula is C12H17Cl2N. The lowest BCUT2D eigenvalue weighted by Crippen LogP contribution is -2.22. The van der Waals surface area contributed by atoms with E-state index in [2.05, 4.69) is 13.8 Å². The van der Waals surface area contributed by atoms with Gasteiger partial charge in [0.2, 0.25) is 0 Å². The fourth-order valence-corrected chi connectivity index (χ4v) is 1.88. The number of nitrogens with two attached hydrogens (primary N) is 1. The molecule has 1 nitrogen and oxygen atoms in total. The summed E-state index contributed by atoms with van der Waals surface area (Å²) in [5.74, 6) is 1.09.